The summed E-state index contributed by atoms with van der Waals surface area (Å²) in [5.41, 5.74) is 0. The van der Waals surface area contributed by atoms with Gasteiger partial charge in [-0.1, -0.05) is 140 Å². The fourth-order valence-electron chi connectivity index (χ4n) is 5.25. The molecule has 0 aliphatic rings. The molecule has 53 heavy (non-hydrogen) atoms. The topological polar surface area (TPSA) is 149 Å². The molecule has 3 N–H and O–H groups in total. The fourth-order valence-corrected chi connectivity index (χ4v) is 6.04. The van der Waals surface area contributed by atoms with Crippen LogP contribution in [-0.4, -0.2) is 65.7 Å². The fraction of sp³-hybridized carbons (Fsp3) is 0.762. The van der Waals surface area contributed by atoms with Crippen molar-refractivity contribution >= 4 is 19.8 Å². The van der Waals surface area contributed by atoms with Gasteiger partial charge in [0, 0.05) is 12.8 Å². The molecule has 0 aromatic rings. The molecule has 0 fully saturated rings. The second-order valence-corrected chi connectivity index (χ2v) is 15.1. The monoisotopic (exact) mass is 771 g/mol. The van der Waals surface area contributed by atoms with Crippen LogP contribution < -0.4 is 0 Å². The lowest BCUT2D eigenvalue weighted by atomic mass is 10.1. The predicted molar refractivity (Wildman–Crippen MR) is 214 cm³/mol. The minimum absolute atomic E-state index is 0.0753. The highest BCUT2D eigenvalue weighted by molar-refractivity contribution is 7.47. The normalized spacial score (nSPS) is 14.4. The van der Waals surface area contributed by atoms with Gasteiger partial charge >= 0.3 is 19.8 Å². The van der Waals surface area contributed by atoms with E-state index >= 15 is 0 Å². The van der Waals surface area contributed by atoms with Crippen LogP contribution in [0.2, 0.25) is 0 Å². The van der Waals surface area contributed by atoms with E-state index in [-0.39, 0.29) is 19.4 Å². The number of carbonyl (C=O) groups excluding carboxylic acids is 2. The number of esters is 2. The number of phosphoric ester groups is 1. The average molecular weight is 771 g/mol. The molecule has 0 saturated heterocycles. The van der Waals surface area contributed by atoms with E-state index in [9.17, 15) is 24.2 Å². The highest BCUT2D eigenvalue weighted by Crippen LogP contribution is 2.43. The first kappa shape index (κ1) is 50.9. The van der Waals surface area contributed by atoms with Crippen molar-refractivity contribution in [3.05, 3.63) is 48.6 Å². The molecular weight excluding hydrogens is 695 g/mol. The summed E-state index contributed by atoms with van der Waals surface area (Å²) in [5.74, 6) is -1.01. The predicted octanol–water partition coefficient (Wildman–Crippen LogP) is 10.6. The van der Waals surface area contributed by atoms with Gasteiger partial charge in [0.2, 0.25) is 0 Å². The molecule has 0 spiro atoms. The Hall–Kier alpha value is -2.07. The van der Waals surface area contributed by atoms with Gasteiger partial charge in [-0.3, -0.25) is 18.6 Å². The maximum atomic E-state index is 12.5. The van der Waals surface area contributed by atoms with Gasteiger partial charge in [0.1, 0.15) is 12.7 Å². The number of aliphatic hydroxyl groups excluding tert-OH is 2. The van der Waals surface area contributed by atoms with Crippen LogP contribution in [0.15, 0.2) is 48.6 Å². The Morgan fingerprint density at radius 3 is 1.57 bits per heavy atom. The maximum Gasteiger partial charge on any atom is 0.472 e. The van der Waals surface area contributed by atoms with Gasteiger partial charge in [0.05, 0.1) is 19.8 Å². The number of hydrogen-bond acceptors (Lipinski definition) is 9. The van der Waals surface area contributed by atoms with E-state index in [4.69, 9.17) is 19.1 Å². The van der Waals surface area contributed by atoms with E-state index in [1.54, 1.807) is 0 Å². The van der Waals surface area contributed by atoms with Gasteiger partial charge in [0.25, 0.3) is 0 Å². The Bertz CT molecular complexity index is 1030. The first-order valence-corrected chi connectivity index (χ1v) is 22.1. The van der Waals surface area contributed by atoms with Gasteiger partial charge < -0.3 is 24.6 Å². The van der Waals surface area contributed by atoms with E-state index in [1.807, 2.05) is 12.2 Å². The minimum atomic E-state index is -4.63. The van der Waals surface area contributed by atoms with Gasteiger partial charge in [0.15, 0.2) is 6.10 Å². The molecule has 0 aromatic heterocycles. The third-order valence-electron chi connectivity index (χ3n) is 8.47. The van der Waals surface area contributed by atoms with Crippen molar-refractivity contribution in [3.63, 3.8) is 0 Å². The summed E-state index contributed by atoms with van der Waals surface area (Å²) >= 11 is 0. The lowest BCUT2D eigenvalue weighted by Crippen LogP contribution is -2.29. The zero-order valence-electron chi connectivity index (χ0n) is 33.2. The number of aliphatic hydroxyl groups is 2. The van der Waals surface area contributed by atoms with Crippen molar-refractivity contribution in [1.29, 1.82) is 0 Å². The van der Waals surface area contributed by atoms with E-state index in [1.165, 1.54) is 83.5 Å². The Morgan fingerprint density at radius 2 is 1.02 bits per heavy atom. The van der Waals surface area contributed by atoms with E-state index in [2.05, 4.69) is 54.8 Å². The van der Waals surface area contributed by atoms with Crippen molar-refractivity contribution in [2.75, 3.05) is 26.4 Å². The Morgan fingerprint density at radius 1 is 0.566 bits per heavy atom. The molecule has 0 heterocycles. The summed E-state index contributed by atoms with van der Waals surface area (Å²) in [6.45, 7) is 2.26. The Balaban J connectivity index is 4.39. The number of carbonyl (C=O) groups is 2. The smallest absolute Gasteiger partial charge is 0.462 e. The van der Waals surface area contributed by atoms with Crippen molar-refractivity contribution in [1.82, 2.24) is 0 Å². The van der Waals surface area contributed by atoms with Crippen LogP contribution in [0.25, 0.3) is 0 Å². The SMILES string of the molecule is CCCCC/C=C/C/C=C/CCCCCCCCCC(=O)OCC(COP(=O)(O)OC[C@@H](O)CO)OC(=O)CC/C=C/C/C=C/CCCCCCCC. The molecule has 2 unspecified atom stereocenters. The first-order chi connectivity index (χ1) is 25.7. The summed E-state index contributed by atoms with van der Waals surface area (Å²) < 4.78 is 32.6. The molecule has 11 heteroatoms. The zero-order chi connectivity index (χ0) is 39.1. The highest BCUT2D eigenvalue weighted by Gasteiger charge is 2.27. The van der Waals surface area contributed by atoms with Gasteiger partial charge in [-0.15, -0.1) is 0 Å². The lowest BCUT2D eigenvalue weighted by Gasteiger charge is -2.20. The number of phosphoric acid groups is 1. The standard InChI is InChI=1S/C42H75O10P/c1-3-5-7-9-11-13-15-17-18-19-20-22-23-25-27-29-31-33-41(45)49-37-40(38-51-53(47,48)50-36-39(44)35-43)52-42(46)34-32-30-28-26-24-21-16-14-12-10-8-6-4-2/h11,13,17-18,21,24,28,30,39-40,43-44H,3-10,12,14-16,19-20,22-23,25-27,29,31-38H2,1-2H3,(H,47,48)/b13-11+,18-17+,24-21+,30-28+/t39-,40?/m0/s1. The molecule has 0 saturated carbocycles. The van der Waals surface area contributed by atoms with Gasteiger partial charge in [-0.25, -0.2) is 4.57 Å². The van der Waals surface area contributed by atoms with Gasteiger partial charge in [-0.2, -0.15) is 0 Å². The molecular formula is C42H75O10P. The molecule has 0 aliphatic carbocycles. The molecule has 0 bridgehead atoms. The number of allylic oxidation sites excluding steroid dienone is 8. The summed E-state index contributed by atoms with van der Waals surface area (Å²) in [7, 11) is -4.63. The third-order valence-corrected chi connectivity index (χ3v) is 9.42. The zero-order valence-corrected chi connectivity index (χ0v) is 34.1. The summed E-state index contributed by atoms with van der Waals surface area (Å²) in [5, 5.41) is 18.3. The second-order valence-electron chi connectivity index (χ2n) is 13.7. The van der Waals surface area contributed by atoms with Crippen LogP contribution >= 0.6 is 7.82 Å². The van der Waals surface area contributed by atoms with Crippen LogP contribution in [0, 0.1) is 0 Å². The van der Waals surface area contributed by atoms with E-state index in [0.717, 1.165) is 44.9 Å². The van der Waals surface area contributed by atoms with E-state index < -0.39 is 51.8 Å². The quantitative estimate of drug-likeness (QED) is 0.0240. The van der Waals surface area contributed by atoms with Crippen LogP contribution in [0.1, 0.15) is 168 Å². The Labute approximate surface area is 322 Å². The molecule has 0 amide bonds. The molecule has 308 valence electrons. The van der Waals surface area contributed by atoms with Gasteiger partial charge in [-0.05, 0) is 64.2 Å². The number of hydrogen-bond donors (Lipinski definition) is 3. The largest absolute Gasteiger partial charge is 0.472 e. The van der Waals surface area contributed by atoms with Crippen molar-refractivity contribution in [2.24, 2.45) is 0 Å². The van der Waals surface area contributed by atoms with Crippen LogP contribution in [0.4, 0.5) is 0 Å². The Kier molecular flexibility index (Phi) is 36.7. The minimum Gasteiger partial charge on any atom is -0.462 e. The van der Waals surface area contributed by atoms with Crippen molar-refractivity contribution in [2.45, 2.75) is 180 Å². The summed E-state index contributed by atoms with van der Waals surface area (Å²) in [6, 6.07) is 0. The molecule has 10 nitrogen and oxygen atoms in total. The van der Waals surface area contributed by atoms with Crippen LogP contribution in [-0.2, 0) is 32.7 Å². The number of rotatable bonds is 38. The first-order valence-electron chi connectivity index (χ1n) is 20.6. The second kappa shape index (κ2) is 38.2. The van der Waals surface area contributed by atoms with Crippen LogP contribution in [0.5, 0.6) is 0 Å². The van der Waals surface area contributed by atoms with E-state index in [0.29, 0.717) is 12.8 Å². The molecule has 3 atom stereocenters. The highest BCUT2D eigenvalue weighted by atomic mass is 31.2. The number of unbranched alkanes of at least 4 members (excludes halogenated alkanes) is 16. The molecule has 0 radical (unpaired) electrons. The lowest BCUT2D eigenvalue weighted by molar-refractivity contribution is -0.161. The molecule has 0 rings (SSSR count). The van der Waals surface area contributed by atoms with Crippen molar-refractivity contribution < 1.29 is 47.8 Å². The van der Waals surface area contributed by atoms with Crippen molar-refractivity contribution in [3.8, 4) is 0 Å². The molecule has 0 aromatic carbocycles. The maximum absolute atomic E-state index is 12.5. The summed E-state index contributed by atoms with van der Waals surface area (Å²) in [6.07, 6.45) is 39.5. The summed E-state index contributed by atoms with van der Waals surface area (Å²) in [4.78, 5) is 34.9. The molecule has 0 aliphatic heterocycles. The number of ether oxygens (including phenoxy) is 2. The average Bonchev–Trinajstić information content (AvgIpc) is 3.14. The third kappa shape index (κ3) is 38.0. The van der Waals surface area contributed by atoms with Crippen LogP contribution in [0.3, 0.4) is 0 Å².